The highest BCUT2D eigenvalue weighted by Crippen LogP contribution is 2.40. The summed E-state index contributed by atoms with van der Waals surface area (Å²) in [6, 6.07) is 4.23. The molecule has 1 aromatic rings. The first kappa shape index (κ1) is 9.61. The Bertz CT molecular complexity index is 366. The number of benzene rings is 1. The molecule has 5 heteroatoms. The van der Waals surface area contributed by atoms with E-state index in [1.807, 2.05) is 0 Å². The van der Waals surface area contributed by atoms with Crippen molar-refractivity contribution < 1.29 is 18.8 Å². The minimum absolute atomic E-state index is 0.0666. The summed E-state index contributed by atoms with van der Waals surface area (Å²) in [6.07, 6.45) is -0.0395. The van der Waals surface area contributed by atoms with Crippen molar-refractivity contribution in [2.45, 2.75) is 18.8 Å². The molecule has 0 aromatic heterocycles. The monoisotopic (exact) mass is 198 g/mol. The van der Waals surface area contributed by atoms with Gasteiger partial charge < -0.3 is 10.0 Å². The maximum atomic E-state index is 13.2. The van der Waals surface area contributed by atoms with Gasteiger partial charge in [0.2, 0.25) is 0 Å². The first-order chi connectivity index (χ1) is 6.52. The third-order valence-corrected chi connectivity index (χ3v) is 2.57. The van der Waals surface area contributed by atoms with Crippen LogP contribution in [-0.2, 0) is 12.3 Å². The highest BCUT2D eigenvalue weighted by molar-refractivity contribution is 6.59. The average molecular weight is 198 g/mol. The molecule has 0 amide bonds. The summed E-state index contributed by atoms with van der Waals surface area (Å²) < 4.78 is 26.4. The topological polar surface area (TPSA) is 40.5 Å². The summed E-state index contributed by atoms with van der Waals surface area (Å²) in [5.74, 6) is -2.82. The molecule has 2 nitrogen and oxygen atoms in total. The highest BCUT2D eigenvalue weighted by Gasteiger charge is 2.40. The first-order valence-corrected chi connectivity index (χ1v) is 4.38. The lowest BCUT2D eigenvalue weighted by Crippen LogP contribution is -2.33. The van der Waals surface area contributed by atoms with Gasteiger partial charge in [-0.3, -0.25) is 0 Å². The molecule has 2 N–H and O–H groups in total. The molecule has 0 unspecified atom stereocenters. The maximum absolute atomic E-state index is 13.2. The Morgan fingerprint density at radius 1 is 1.29 bits per heavy atom. The smallest absolute Gasteiger partial charge is 0.423 e. The lowest BCUT2D eigenvalue weighted by Gasteiger charge is -2.11. The average Bonchev–Trinajstić information content (AvgIpc) is 2.42. The zero-order chi connectivity index (χ0) is 10.3. The van der Waals surface area contributed by atoms with Crippen molar-refractivity contribution in [1.29, 1.82) is 0 Å². The predicted molar refractivity (Wildman–Crippen MR) is 48.5 cm³/mol. The fraction of sp³-hybridized carbons (Fsp3) is 0.333. The zero-order valence-electron chi connectivity index (χ0n) is 7.37. The number of fused-ring (bicyclic) bond motifs is 1. The second kappa shape index (κ2) is 3.03. The predicted octanol–water partition coefficient (Wildman–Crippen LogP) is 0.404. The van der Waals surface area contributed by atoms with Gasteiger partial charge in [-0.1, -0.05) is 18.2 Å². The van der Waals surface area contributed by atoms with Crippen molar-refractivity contribution in [3.63, 3.8) is 0 Å². The lowest BCUT2D eigenvalue weighted by molar-refractivity contribution is -0.00183. The van der Waals surface area contributed by atoms with E-state index < -0.39 is 13.0 Å². The molecular weight excluding hydrogens is 189 g/mol. The van der Waals surface area contributed by atoms with Crippen LogP contribution in [0.3, 0.4) is 0 Å². The van der Waals surface area contributed by atoms with Crippen molar-refractivity contribution in [1.82, 2.24) is 0 Å². The summed E-state index contributed by atoms with van der Waals surface area (Å²) in [5.41, 5.74) is 0.510. The first-order valence-electron chi connectivity index (χ1n) is 4.38. The molecule has 0 fully saturated rings. The number of halogens is 2. The molecule has 0 heterocycles. The van der Waals surface area contributed by atoms with E-state index in [9.17, 15) is 8.78 Å². The Morgan fingerprint density at radius 2 is 2.00 bits per heavy atom. The number of rotatable bonds is 1. The summed E-state index contributed by atoms with van der Waals surface area (Å²) >= 11 is 0. The third kappa shape index (κ3) is 1.33. The Labute approximate surface area is 80.3 Å². The molecule has 1 aromatic carbocycles. The van der Waals surface area contributed by atoms with Gasteiger partial charge in [0.1, 0.15) is 0 Å². The molecule has 74 valence electrons. The lowest BCUT2D eigenvalue weighted by atomic mass is 9.76. The van der Waals surface area contributed by atoms with Crippen LogP contribution in [0.1, 0.15) is 17.5 Å². The Morgan fingerprint density at radius 3 is 2.64 bits per heavy atom. The van der Waals surface area contributed by atoms with Crippen LogP contribution in [-0.4, -0.2) is 17.2 Å². The Hall–Kier alpha value is -0.935. The van der Waals surface area contributed by atoms with Crippen molar-refractivity contribution in [3.8, 4) is 0 Å². The quantitative estimate of drug-likeness (QED) is 0.641. The van der Waals surface area contributed by atoms with Crippen molar-refractivity contribution >= 4 is 12.6 Å². The van der Waals surface area contributed by atoms with E-state index in [0.29, 0.717) is 5.56 Å². The van der Waals surface area contributed by atoms with Gasteiger partial charge in [-0.05, 0) is 17.4 Å². The minimum Gasteiger partial charge on any atom is -0.423 e. The summed E-state index contributed by atoms with van der Waals surface area (Å²) in [6.45, 7) is 0. The van der Waals surface area contributed by atoms with Crippen LogP contribution in [0.2, 0.25) is 0 Å². The molecule has 0 aliphatic heterocycles. The van der Waals surface area contributed by atoms with Crippen molar-refractivity contribution in [2.24, 2.45) is 0 Å². The van der Waals surface area contributed by atoms with Crippen molar-refractivity contribution in [3.05, 3.63) is 29.3 Å². The molecule has 0 bridgehead atoms. The molecule has 2 rings (SSSR count). The highest BCUT2D eigenvalue weighted by atomic mass is 19.3. The van der Waals surface area contributed by atoms with Crippen LogP contribution in [0.5, 0.6) is 0 Å². The molecular formula is C9H9BF2O2. The van der Waals surface area contributed by atoms with E-state index in [4.69, 9.17) is 10.0 Å². The zero-order valence-corrected chi connectivity index (χ0v) is 7.37. The van der Waals surface area contributed by atoms with Crippen LogP contribution < -0.4 is 5.46 Å². The van der Waals surface area contributed by atoms with Crippen LogP contribution in [0.25, 0.3) is 0 Å². The summed E-state index contributed by atoms with van der Waals surface area (Å²) in [4.78, 5) is 0. The minimum atomic E-state index is -2.82. The maximum Gasteiger partial charge on any atom is 0.488 e. The summed E-state index contributed by atoms with van der Waals surface area (Å²) in [7, 11) is -1.67. The van der Waals surface area contributed by atoms with E-state index in [-0.39, 0.29) is 23.9 Å². The SMILES string of the molecule is OB(O)c1cccc2c1CCC2(F)F. The van der Waals surface area contributed by atoms with Gasteiger partial charge >= 0.3 is 7.12 Å². The fourth-order valence-electron chi connectivity index (χ4n) is 1.88. The largest absolute Gasteiger partial charge is 0.488 e. The van der Waals surface area contributed by atoms with Gasteiger partial charge in [0, 0.05) is 12.0 Å². The molecule has 14 heavy (non-hydrogen) atoms. The summed E-state index contributed by atoms with van der Waals surface area (Å²) in [5, 5.41) is 17.9. The van der Waals surface area contributed by atoms with E-state index in [2.05, 4.69) is 0 Å². The second-order valence-electron chi connectivity index (χ2n) is 3.45. The van der Waals surface area contributed by atoms with Crippen LogP contribution in [0.15, 0.2) is 18.2 Å². The van der Waals surface area contributed by atoms with Gasteiger partial charge in [-0.25, -0.2) is 8.78 Å². The molecule has 1 aliphatic rings. The van der Waals surface area contributed by atoms with Gasteiger partial charge in [0.05, 0.1) is 0 Å². The van der Waals surface area contributed by atoms with Gasteiger partial charge in [-0.15, -0.1) is 0 Å². The van der Waals surface area contributed by atoms with E-state index >= 15 is 0 Å². The molecule has 0 saturated carbocycles. The van der Waals surface area contributed by atoms with Gasteiger partial charge in [-0.2, -0.15) is 0 Å². The van der Waals surface area contributed by atoms with E-state index in [1.54, 1.807) is 0 Å². The van der Waals surface area contributed by atoms with Crippen LogP contribution >= 0.6 is 0 Å². The Balaban J connectivity index is 2.56. The normalized spacial score (nSPS) is 18.0. The fourth-order valence-corrected chi connectivity index (χ4v) is 1.88. The van der Waals surface area contributed by atoms with Crippen molar-refractivity contribution in [2.75, 3.05) is 0 Å². The standard InChI is InChI=1S/C9H9BF2O2/c11-9(12)5-4-6-7(9)2-1-3-8(6)10(13)14/h1-3,13-14H,4-5H2. The second-order valence-corrected chi connectivity index (χ2v) is 3.45. The molecule has 0 saturated heterocycles. The van der Waals surface area contributed by atoms with Crippen LogP contribution in [0, 0.1) is 0 Å². The number of alkyl halides is 2. The third-order valence-electron chi connectivity index (χ3n) is 2.57. The number of hydrogen-bond acceptors (Lipinski definition) is 2. The van der Waals surface area contributed by atoms with E-state index in [0.717, 1.165) is 0 Å². The molecule has 0 radical (unpaired) electrons. The Kier molecular flexibility index (Phi) is 2.08. The molecule has 0 atom stereocenters. The van der Waals surface area contributed by atoms with Gasteiger partial charge in [0.15, 0.2) is 0 Å². The molecule has 0 spiro atoms. The van der Waals surface area contributed by atoms with Gasteiger partial charge in [0.25, 0.3) is 5.92 Å². The van der Waals surface area contributed by atoms with Crippen LogP contribution in [0.4, 0.5) is 8.78 Å². The number of hydrogen-bond donors (Lipinski definition) is 2. The van der Waals surface area contributed by atoms with E-state index in [1.165, 1.54) is 18.2 Å². The molecule has 1 aliphatic carbocycles.